The van der Waals surface area contributed by atoms with Gasteiger partial charge in [0.2, 0.25) is 0 Å². The molecule has 5 heteroatoms. The first kappa shape index (κ1) is 21.4. The van der Waals surface area contributed by atoms with Crippen molar-refractivity contribution in [2.24, 2.45) is 0 Å². The number of rotatable bonds is 6. The van der Waals surface area contributed by atoms with Gasteiger partial charge in [0.25, 0.3) is 11.8 Å². The van der Waals surface area contributed by atoms with Gasteiger partial charge in [0.05, 0.1) is 17.9 Å². The Morgan fingerprint density at radius 2 is 1.56 bits per heavy atom. The third-order valence-electron chi connectivity index (χ3n) is 5.55. The van der Waals surface area contributed by atoms with E-state index in [1.54, 1.807) is 6.07 Å². The molecule has 0 atom stereocenters. The first-order valence-electron chi connectivity index (χ1n) is 10.7. The van der Waals surface area contributed by atoms with E-state index in [1.807, 2.05) is 88.4 Å². The maximum absolute atomic E-state index is 13.6. The highest BCUT2D eigenvalue weighted by molar-refractivity contribution is 6.46. The van der Waals surface area contributed by atoms with Crippen molar-refractivity contribution in [3.05, 3.63) is 94.7 Å². The maximum Gasteiger partial charge on any atom is 0.282 e. The van der Waals surface area contributed by atoms with Gasteiger partial charge in [0.1, 0.15) is 11.4 Å². The van der Waals surface area contributed by atoms with Gasteiger partial charge in [-0.25, -0.2) is 4.90 Å². The van der Waals surface area contributed by atoms with Crippen molar-refractivity contribution < 1.29 is 14.3 Å². The molecular formula is C27H26N2O3. The summed E-state index contributed by atoms with van der Waals surface area (Å²) in [6.45, 7) is 8.33. The number of benzene rings is 3. The zero-order valence-corrected chi connectivity index (χ0v) is 18.7. The van der Waals surface area contributed by atoms with Crippen molar-refractivity contribution in [1.29, 1.82) is 0 Å². The summed E-state index contributed by atoms with van der Waals surface area (Å²) in [4.78, 5) is 28.4. The molecular weight excluding hydrogens is 400 g/mol. The Kier molecular flexibility index (Phi) is 5.82. The van der Waals surface area contributed by atoms with Crippen molar-refractivity contribution in [1.82, 2.24) is 0 Å². The molecule has 0 aromatic heterocycles. The molecule has 2 amide bonds. The number of para-hydroxylation sites is 1. The number of nitrogens with zero attached hydrogens (tertiary/aromatic N) is 1. The Balaban J connectivity index is 1.84. The van der Waals surface area contributed by atoms with Crippen LogP contribution in [0.3, 0.4) is 0 Å². The minimum Gasteiger partial charge on any atom is -0.494 e. The summed E-state index contributed by atoms with van der Waals surface area (Å²) in [5.74, 6) is 0.00350. The molecule has 0 aliphatic carbocycles. The van der Waals surface area contributed by atoms with Crippen LogP contribution in [0.2, 0.25) is 0 Å². The molecule has 0 bridgehead atoms. The number of hydrogen-bond donors (Lipinski definition) is 1. The summed E-state index contributed by atoms with van der Waals surface area (Å²) in [6.07, 6.45) is 0. The van der Waals surface area contributed by atoms with Crippen LogP contribution in [0.4, 0.5) is 11.4 Å². The zero-order chi connectivity index (χ0) is 22.8. The standard InChI is InChI=1S/C27H26N2O3/c1-5-32-21-14-12-20(13-15-21)24-25(28-22-16-17(2)10-11-18(22)3)27(31)29(26(24)30)23-9-7-6-8-19(23)4/h6-16,28H,5H2,1-4H3. The van der Waals surface area contributed by atoms with E-state index in [2.05, 4.69) is 5.32 Å². The van der Waals surface area contributed by atoms with Crippen LogP contribution >= 0.6 is 0 Å². The average Bonchev–Trinajstić information content (AvgIpc) is 3.01. The highest BCUT2D eigenvalue weighted by Gasteiger charge is 2.40. The molecule has 1 aliphatic rings. The Morgan fingerprint density at radius 3 is 2.25 bits per heavy atom. The van der Waals surface area contributed by atoms with Gasteiger partial charge in [-0.2, -0.15) is 0 Å². The molecule has 0 unspecified atom stereocenters. The van der Waals surface area contributed by atoms with E-state index < -0.39 is 0 Å². The summed E-state index contributed by atoms with van der Waals surface area (Å²) < 4.78 is 5.54. The molecule has 1 N–H and O–H groups in total. The van der Waals surface area contributed by atoms with Crippen LogP contribution in [-0.4, -0.2) is 18.4 Å². The van der Waals surface area contributed by atoms with E-state index in [4.69, 9.17) is 4.74 Å². The summed E-state index contributed by atoms with van der Waals surface area (Å²) in [6, 6.07) is 20.7. The Labute approximate surface area is 188 Å². The average molecular weight is 427 g/mol. The highest BCUT2D eigenvalue weighted by Crippen LogP contribution is 2.36. The molecule has 0 fully saturated rings. The van der Waals surface area contributed by atoms with Gasteiger partial charge in [-0.3, -0.25) is 9.59 Å². The van der Waals surface area contributed by atoms with Gasteiger partial charge < -0.3 is 10.1 Å². The molecule has 162 valence electrons. The predicted molar refractivity (Wildman–Crippen MR) is 128 cm³/mol. The van der Waals surface area contributed by atoms with Gasteiger partial charge in [0.15, 0.2) is 0 Å². The Bertz CT molecular complexity index is 1230. The molecule has 32 heavy (non-hydrogen) atoms. The van der Waals surface area contributed by atoms with E-state index in [-0.39, 0.29) is 17.5 Å². The van der Waals surface area contributed by atoms with Gasteiger partial charge in [0, 0.05) is 5.69 Å². The van der Waals surface area contributed by atoms with E-state index in [0.717, 1.165) is 22.4 Å². The van der Waals surface area contributed by atoms with Gasteiger partial charge >= 0.3 is 0 Å². The van der Waals surface area contributed by atoms with Crippen LogP contribution < -0.4 is 15.0 Å². The molecule has 3 aromatic rings. The topological polar surface area (TPSA) is 58.6 Å². The van der Waals surface area contributed by atoms with Crippen LogP contribution in [0, 0.1) is 20.8 Å². The summed E-state index contributed by atoms with van der Waals surface area (Å²) in [7, 11) is 0. The maximum atomic E-state index is 13.6. The van der Waals surface area contributed by atoms with Crippen molar-refractivity contribution in [2.45, 2.75) is 27.7 Å². The second-order valence-corrected chi connectivity index (χ2v) is 7.88. The number of nitrogens with one attached hydrogen (secondary N) is 1. The Morgan fingerprint density at radius 1 is 0.844 bits per heavy atom. The number of hydrogen-bond acceptors (Lipinski definition) is 4. The van der Waals surface area contributed by atoms with Crippen molar-refractivity contribution in [3.63, 3.8) is 0 Å². The van der Waals surface area contributed by atoms with Crippen LogP contribution in [0.25, 0.3) is 5.57 Å². The van der Waals surface area contributed by atoms with Crippen LogP contribution in [0.1, 0.15) is 29.2 Å². The minimum atomic E-state index is -0.367. The second kappa shape index (κ2) is 8.71. The summed E-state index contributed by atoms with van der Waals surface area (Å²) in [5.41, 5.74) is 5.58. The normalized spacial score (nSPS) is 13.7. The lowest BCUT2D eigenvalue weighted by Gasteiger charge is -2.18. The zero-order valence-electron chi connectivity index (χ0n) is 18.7. The lowest BCUT2D eigenvalue weighted by atomic mass is 10.0. The number of amides is 2. The molecule has 0 saturated heterocycles. The number of aryl methyl sites for hydroxylation is 3. The van der Waals surface area contributed by atoms with Crippen LogP contribution in [-0.2, 0) is 9.59 Å². The monoisotopic (exact) mass is 426 g/mol. The van der Waals surface area contributed by atoms with Crippen molar-refractivity contribution >= 4 is 28.8 Å². The van der Waals surface area contributed by atoms with E-state index in [0.29, 0.717) is 29.2 Å². The molecule has 5 nitrogen and oxygen atoms in total. The fourth-order valence-electron chi connectivity index (χ4n) is 3.84. The summed E-state index contributed by atoms with van der Waals surface area (Å²) >= 11 is 0. The molecule has 1 heterocycles. The smallest absolute Gasteiger partial charge is 0.282 e. The van der Waals surface area contributed by atoms with E-state index in [9.17, 15) is 9.59 Å². The first-order chi connectivity index (χ1) is 15.4. The van der Waals surface area contributed by atoms with E-state index in [1.165, 1.54) is 4.90 Å². The minimum absolute atomic E-state index is 0.274. The van der Waals surface area contributed by atoms with Gasteiger partial charge in [-0.15, -0.1) is 0 Å². The number of carbonyl (C=O) groups excluding carboxylic acids is 2. The molecule has 3 aromatic carbocycles. The molecule has 0 radical (unpaired) electrons. The largest absolute Gasteiger partial charge is 0.494 e. The molecule has 0 saturated carbocycles. The predicted octanol–water partition coefficient (Wildman–Crippen LogP) is 5.41. The number of ether oxygens (including phenoxy) is 1. The lowest BCUT2D eigenvalue weighted by molar-refractivity contribution is -0.120. The summed E-state index contributed by atoms with van der Waals surface area (Å²) in [5, 5.41) is 3.27. The SMILES string of the molecule is CCOc1ccc(C2=C(Nc3cc(C)ccc3C)C(=O)N(c3ccccc3C)C2=O)cc1. The molecule has 1 aliphatic heterocycles. The quantitative estimate of drug-likeness (QED) is 0.536. The van der Waals surface area contributed by atoms with Gasteiger partial charge in [-0.1, -0.05) is 42.5 Å². The molecule has 0 spiro atoms. The fourth-order valence-corrected chi connectivity index (χ4v) is 3.84. The Hall–Kier alpha value is -3.86. The fraction of sp³-hybridized carbons (Fsp3) is 0.185. The third kappa shape index (κ3) is 3.89. The van der Waals surface area contributed by atoms with Crippen LogP contribution in [0.5, 0.6) is 5.75 Å². The highest BCUT2D eigenvalue weighted by atomic mass is 16.5. The lowest BCUT2D eigenvalue weighted by Crippen LogP contribution is -2.33. The van der Waals surface area contributed by atoms with Crippen molar-refractivity contribution in [2.75, 3.05) is 16.8 Å². The third-order valence-corrected chi connectivity index (χ3v) is 5.55. The van der Waals surface area contributed by atoms with Crippen LogP contribution in [0.15, 0.2) is 72.4 Å². The number of carbonyl (C=O) groups is 2. The number of anilines is 2. The second-order valence-electron chi connectivity index (χ2n) is 7.88. The van der Waals surface area contributed by atoms with Crippen molar-refractivity contribution in [3.8, 4) is 5.75 Å². The molecule has 4 rings (SSSR count). The van der Waals surface area contributed by atoms with Gasteiger partial charge in [-0.05, 0) is 74.2 Å². The first-order valence-corrected chi connectivity index (χ1v) is 10.7. The number of imide groups is 1. The van der Waals surface area contributed by atoms with E-state index >= 15 is 0 Å².